The number of carbonyl (C=O) groups excluding carboxylic acids is 2. The molecule has 0 saturated heterocycles. The van der Waals surface area contributed by atoms with Gasteiger partial charge in [0, 0.05) is 31.4 Å². The fourth-order valence-corrected chi connectivity index (χ4v) is 2.35. The Bertz CT molecular complexity index is 721. The molecule has 158 valence electrons. The van der Waals surface area contributed by atoms with E-state index in [2.05, 4.69) is 29.1 Å². The Balaban J connectivity index is 2.39. The molecule has 29 heavy (non-hydrogen) atoms. The Morgan fingerprint density at radius 1 is 1.00 bits per heavy atom. The van der Waals surface area contributed by atoms with Crippen molar-refractivity contribution >= 4 is 23.2 Å². The number of nitro benzene ring substituents is 1. The third kappa shape index (κ3) is 9.94. The number of unbranched alkanes of at least 4 members (excludes halogenated alkanes) is 2. The number of hydrogen-bond acceptors (Lipinski definition) is 6. The molecule has 3 N–H and O–H groups in total. The van der Waals surface area contributed by atoms with Crippen LogP contribution in [0, 0.1) is 10.1 Å². The molecule has 0 fully saturated rings. The summed E-state index contributed by atoms with van der Waals surface area (Å²) in [6.07, 6.45) is 5.35. The van der Waals surface area contributed by atoms with Crippen molar-refractivity contribution in [3.63, 3.8) is 0 Å². The van der Waals surface area contributed by atoms with Crippen LogP contribution in [0.4, 0.5) is 11.4 Å². The average molecular weight is 404 g/mol. The fraction of sp³-hybridized carbons (Fsp3) is 0.400. The zero-order chi connectivity index (χ0) is 21.5. The number of nitrogens with one attached hydrogen (secondary N) is 3. The molecule has 0 aliphatic carbocycles. The first-order valence-corrected chi connectivity index (χ1v) is 9.43. The second-order valence-corrected chi connectivity index (χ2v) is 6.12. The molecule has 9 nitrogen and oxygen atoms in total. The molecule has 0 spiro atoms. The van der Waals surface area contributed by atoms with Gasteiger partial charge in [-0.15, -0.1) is 0 Å². The number of nitrogens with zero attached hydrogens (tertiary/aromatic N) is 1. The molecule has 9 heteroatoms. The highest BCUT2D eigenvalue weighted by molar-refractivity contribution is 5.87. The fourth-order valence-electron chi connectivity index (χ4n) is 2.35. The summed E-state index contributed by atoms with van der Waals surface area (Å²) in [5, 5.41) is 19.8. The lowest BCUT2D eigenvalue weighted by Gasteiger charge is -2.10. The topological polar surface area (TPSA) is 123 Å². The second-order valence-electron chi connectivity index (χ2n) is 6.12. The summed E-state index contributed by atoms with van der Waals surface area (Å²) in [4.78, 5) is 32.9. The predicted octanol–water partition coefficient (Wildman–Crippen LogP) is 2.55. The van der Waals surface area contributed by atoms with Gasteiger partial charge in [-0.25, -0.2) is 0 Å². The first-order chi connectivity index (χ1) is 14.0. The van der Waals surface area contributed by atoms with Crippen molar-refractivity contribution < 1.29 is 19.2 Å². The quantitative estimate of drug-likeness (QED) is 0.179. The van der Waals surface area contributed by atoms with Gasteiger partial charge in [0.15, 0.2) is 5.75 Å². The smallest absolute Gasteiger partial charge is 0.312 e. The van der Waals surface area contributed by atoms with Crippen molar-refractivity contribution in [2.75, 3.05) is 31.6 Å². The van der Waals surface area contributed by atoms with E-state index in [1.807, 2.05) is 0 Å². The van der Waals surface area contributed by atoms with Gasteiger partial charge in [0.2, 0.25) is 11.8 Å². The van der Waals surface area contributed by atoms with Crippen LogP contribution in [-0.4, -0.2) is 43.0 Å². The largest absolute Gasteiger partial charge is 0.487 e. The Morgan fingerprint density at radius 2 is 1.59 bits per heavy atom. The van der Waals surface area contributed by atoms with Gasteiger partial charge in [0.1, 0.15) is 0 Å². The van der Waals surface area contributed by atoms with Crippen molar-refractivity contribution in [3.8, 4) is 5.75 Å². The van der Waals surface area contributed by atoms with Crippen LogP contribution in [0.1, 0.15) is 25.7 Å². The summed E-state index contributed by atoms with van der Waals surface area (Å²) in [6, 6.07) is 4.75. The standard InChI is InChI=1S/C20H28N4O5/c1-3-19(25)22-12-6-5-11-21-16-9-10-18(17(15-16)24(27)28)29-14-8-7-13-23-20(26)4-2/h3-4,9-10,15,21H,1-2,5-8,11-14H2,(H,22,25)(H,23,26). The number of nitro groups is 1. The summed E-state index contributed by atoms with van der Waals surface area (Å²) < 4.78 is 5.53. The number of benzene rings is 1. The number of amides is 2. The maximum atomic E-state index is 11.3. The van der Waals surface area contributed by atoms with Crippen molar-refractivity contribution in [2.45, 2.75) is 25.7 Å². The van der Waals surface area contributed by atoms with Crippen LogP contribution in [-0.2, 0) is 9.59 Å². The lowest BCUT2D eigenvalue weighted by Crippen LogP contribution is -2.22. The Hall–Kier alpha value is -3.36. The first kappa shape index (κ1) is 23.7. The van der Waals surface area contributed by atoms with Crippen LogP contribution in [0.25, 0.3) is 0 Å². The van der Waals surface area contributed by atoms with Crippen LogP contribution < -0.4 is 20.7 Å². The highest BCUT2D eigenvalue weighted by atomic mass is 16.6. The van der Waals surface area contributed by atoms with Crippen LogP contribution in [0.3, 0.4) is 0 Å². The summed E-state index contributed by atoms with van der Waals surface area (Å²) in [7, 11) is 0. The van der Waals surface area contributed by atoms with Gasteiger partial charge in [-0.2, -0.15) is 0 Å². The van der Waals surface area contributed by atoms with E-state index in [-0.39, 0.29) is 23.3 Å². The van der Waals surface area contributed by atoms with Gasteiger partial charge in [-0.05, 0) is 50.0 Å². The van der Waals surface area contributed by atoms with E-state index in [0.29, 0.717) is 44.8 Å². The van der Waals surface area contributed by atoms with Crippen LogP contribution in [0.5, 0.6) is 5.75 Å². The van der Waals surface area contributed by atoms with Gasteiger partial charge in [0.05, 0.1) is 11.5 Å². The molecule has 1 aromatic rings. The molecule has 0 atom stereocenters. The van der Waals surface area contributed by atoms with Crippen LogP contribution in [0.2, 0.25) is 0 Å². The molecule has 1 rings (SSSR count). The van der Waals surface area contributed by atoms with E-state index in [1.54, 1.807) is 12.1 Å². The van der Waals surface area contributed by atoms with E-state index in [9.17, 15) is 19.7 Å². The number of anilines is 1. The van der Waals surface area contributed by atoms with Gasteiger partial charge in [-0.3, -0.25) is 19.7 Å². The minimum absolute atomic E-state index is 0.104. The third-order valence-electron chi connectivity index (χ3n) is 3.89. The van der Waals surface area contributed by atoms with Crippen LogP contribution >= 0.6 is 0 Å². The van der Waals surface area contributed by atoms with Crippen molar-refractivity contribution in [1.82, 2.24) is 10.6 Å². The highest BCUT2D eigenvalue weighted by Crippen LogP contribution is 2.30. The average Bonchev–Trinajstić information content (AvgIpc) is 2.72. The molecule has 0 bridgehead atoms. The molecule has 0 saturated carbocycles. The van der Waals surface area contributed by atoms with Crippen molar-refractivity contribution in [3.05, 3.63) is 53.6 Å². The van der Waals surface area contributed by atoms with E-state index in [1.165, 1.54) is 18.2 Å². The maximum absolute atomic E-state index is 11.3. The SMILES string of the molecule is C=CC(=O)NCCCCNc1ccc(OCCCCNC(=O)C=C)c([N+](=O)[O-])c1. The molecular formula is C20H28N4O5. The molecule has 0 aliphatic heterocycles. The monoisotopic (exact) mass is 404 g/mol. The summed E-state index contributed by atoms with van der Waals surface area (Å²) in [5.41, 5.74) is 0.527. The van der Waals surface area contributed by atoms with Gasteiger partial charge in [0.25, 0.3) is 0 Å². The molecular weight excluding hydrogens is 376 g/mol. The molecule has 0 heterocycles. The van der Waals surface area contributed by atoms with Crippen LogP contribution in [0.15, 0.2) is 43.5 Å². The molecule has 1 aromatic carbocycles. The summed E-state index contributed by atoms with van der Waals surface area (Å²) in [6.45, 7) is 8.73. The Kier molecular flexibility index (Phi) is 11.2. The molecule has 0 aromatic heterocycles. The summed E-state index contributed by atoms with van der Waals surface area (Å²) in [5.74, 6) is -0.223. The zero-order valence-electron chi connectivity index (χ0n) is 16.4. The summed E-state index contributed by atoms with van der Waals surface area (Å²) >= 11 is 0. The van der Waals surface area contributed by atoms with Gasteiger partial charge < -0.3 is 20.7 Å². The van der Waals surface area contributed by atoms with Crippen molar-refractivity contribution in [2.24, 2.45) is 0 Å². The molecule has 2 amide bonds. The van der Waals surface area contributed by atoms with E-state index in [4.69, 9.17) is 4.74 Å². The normalized spacial score (nSPS) is 9.93. The van der Waals surface area contributed by atoms with E-state index >= 15 is 0 Å². The number of ether oxygens (including phenoxy) is 1. The highest BCUT2D eigenvalue weighted by Gasteiger charge is 2.16. The number of carbonyl (C=O) groups is 2. The molecule has 0 aliphatic rings. The van der Waals surface area contributed by atoms with E-state index < -0.39 is 4.92 Å². The Morgan fingerprint density at radius 3 is 2.17 bits per heavy atom. The molecule has 0 radical (unpaired) electrons. The van der Waals surface area contributed by atoms with Gasteiger partial charge in [-0.1, -0.05) is 13.2 Å². The molecule has 0 unspecified atom stereocenters. The Labute approximate surface area is 170 Å². The van der Waals surface area contributed by atoms with Gasteiger partial charge >= 0.3 is 5.69 Å². The predicted molar refractivity (Wildman–Crippen MR) is 112 cm³/mol. The third-order valence-corrected chi connectivity index (χ3v) is 3.89. The van der Waals surface area contributed by atoms with Crippen molar-refractivity contribution in [1.29, 1.82) is 0 Å². The minimum atomic E-state index is -0.477. The number of hydrogen-bond donors (Lipinski definition) is 3. The maximum Gasteiger partial charge on any atom is 0.312 e. The van der Waals surface area contributed by atoms with E-state index in [0.717, 1.165) is 12.8 Å². The lowest BCUT2D eigenvalue weighted by atomic mass is 10.2. The second kappa shape index (κ2) is 13.8. The zero-order valence-corrected chi connectivity index (χ0v) is 16.4. The minimum Gasteiger partial charge on any atom is -0.487 e. The number of rotatable bonds is 15. The first-order valence-electron chi connectivity index (χ1n) is 9.43. The lowest BCUT2D eigenvalue weighted by molar-refractivity contribution is -0.385.